The highest BCUT2D eigenvalue weighted by atomic mass is 16.5. The number of oxazole rings is 1. The van der Waals surface area contributed by atoms with Crippen LogP contribution in [0.4, 0.5) is 0 Å². The van der Waals surface area contributed by atoms with Gasteiger partial charge in [0.15, 0.2) is 6.39 Å². The van der Waals surface area contributed by atoms with Crippen LogP contribution in [0.2, 0.25) is 0 Å². The maximum atomic E-state index is 5.11. The van der Waals surface area contributed by atoms with E-state index < -0.39 is 0 Å². The molecular weight excluding hydrogens is 194 g/mol. The van der Waals surface area contributed by atoms with Crippen LogP contribution in [-0.4, -0.2) is 37.8 Å². The Morgan fingerprint density at radius 3 is 3.13 bits per heavy atom. The van der Waals surface area contributed by atoms with Crippen LogP contribution in [-0.2, 0) is 11.3 Å². The van der Waals surface area contributed by atoms with Crippen LogP contribution in [0.25, 0.3) is 0 Å². The highest BCUT2D eigenvalue weighted by Crippen LogP contribution is 1.95. The number of rotatable bonds is 8. The Balaban J connectivity index is 2.01. The van der Waals surface area contributed by atoms with E-state index in [1.165, 1.54) is 6.39 Å². The minimum Gasteiger partial charge on any atom is -0.447 e. The standard InChI is InChI=1S/C10H19N3O2/c1-9(5-11-3-4-14-2)13-7-10-6-12-8-15-10/h6,8-9,11,13H,3-5,7H2,1-2H3. The highest BCUT2D eigenvalue weighted by Gasteiger charge is 2.02. The molecule has 15 heavy (non-hydrogen) atoms. The number of ether oxygens (including phenoxy) is 1. The van der Waals surface area contributed by atoms with Gasteiger partial charge in [0.25, 0.3) is 0 Å². The normalized spacial score (nSPS) is 12.9. The van der Waals surface area contributed by atoms with E-state index >= 15 is 0 Å². The van der Waals surface area contributed by atoms with Crippen molar-refractivity contribution in [2.45, 2.75) is 19.5 Å². The Morgan fingerprint density at radius 1 is 1.60 bits per heavy atom. The van der Waals surface area contributed by atoms with Crippen molar-refractivity contribution in [3.05, 3.63) is 18.4 Å². The molecule has 0 fully saturated rings. The molecule has 5 heteroatoms. The summed E-state index contributed by atoms with van der Waals surface area (Å²) in [6.07, 6.45) is 3.16. The van der Waals surface area contributed by atoms with Crippen molar-refractivity contribution >= 4 is 0 Å². The van der Waals surface area contributed by atoms with Crippen LogP contribution < -0.4 is 10.6 Å². The number of methoxy groups -OCH3 is 1. The molecular formula is C10H19N3O2. The van der Waals surface area contributed by atoms with Crippen molar-refractivity contribution < 1.29 is 9.15 Å². The summed E-state index contributed by atoms with van der Waals surface area (Å²) in [4.78, 5) is 3.85. The molecule has 1 aromatic heterocycles. The van der Waals surface area contributed by atoms with Gasteiger partial charge in [-0.05, 0) is 6.92 Å². The maximum absolute atomic E-state index is 5.11. The molecule has 2 N–H and O–H groups in total. The largest absolute Gasteiger partial charge is 0.447 e. The van der Waals surface area contributed by atoms with Crippen LogP contribution in [0.1, 0.15) is 12.7 Å². The monoisotopic (exact) mass is 213 g/mol. The Hall–Kier alpha value is -0.910. The highest BCUT2D eigenvalue weighted by molar-refractivity contribution is 4.87. The van der Waals surface area contributed by atoms with E-state index in [-0.39, 0.29) is 0 Å². The van der Waals surface area contributed by atoms with Crippen LogP contribution in [0, 0.1) is 0 Å². The Labute approximate surface area is 90.2 Å². The molecule has 0 spiro atoms. The average molecular weight is 213 g/mol. The lowest BCUT2D eigenvalue weighted by molar-refractivity contribution is 0.198. The Kier molecular flexibility index (Phi) is 5.99. The topological polar surface area (TPSA) is 59.3 Å². The van der Waals surface area contributed by atoms with Gasteiger partial charge in [-0.2, -0.15) is 0 Å². The van der Waals surface area contributed by atoms with E-state index in [4.69, 9.17) is 9.15 Å². The van der Waals surface area contributed by atoms with Crippen LogP contribution in [0.5, 0.6) is 0 Å². The first-order valence-electron chi connectivity index (χ1n) is 5.13. The number of hydrogen-bond donors (Lipinski definition) is 2. The summed E-state index contributed by atoms with van der Waals surface area (Å²) >= 11 is 0. The molecule has 0 bridgehead atoms. The fraction of sp³-hybridized carbons (Fsp3) is 0.700. The average Bonchev–Trinajstić information content (AvgIpc) is 2.74. The molecule has 1 heterocycles. The first kappa shape index (κ1) is 12.2. The molecule has 0 aliphatic heterocycles. The molecule has 1 atom stereocenters. The predicted octanol–water partition coefficient (Wildman–Crippen LogP) is 0.389. The lowest BCUT2D eigenvalue weighted by Gasteiger charge is -2.13. The molecule has 5 nitrogen and oxygen atoms in total. The lowest BCUT2D eigenvalue weighted by Crippen LogP contribution is -2.37. The van der Waals surface area contributed by atoms with E-state index in [2.05, 4.69) is 22.5 Å². The van der Waals surface area contributed by atoms with Crippen molar-refractivity contribution in [2.75, 3.05) is 26.8 Å². The summed E-state index contributed by atoms with van der Waals surface area (Å²) in [7, 11) is 1.70. The van der Waals surface area contributed by atoms with Gasteiger partial charge in [0.2, 0.25) is 0 Å². The number of aromatic nitrogens is 1. The van der Waals surface area contributed by atoms with E-state index in [1.54, 1.807) is 13.3 Å². The van der Waals surface area contributed by atoms with Crippen LogP contribution >= 0.6 is 0 Å². The SMILES string of the molecule is COCCNCC(C)NCc1cnco1. The van der Waals surface area contributed by atoms with Gasteiger partial charge in [-0.25, -0.2) is 4.98 Å². The second-order valence-electron chi connectivity index (χ2n) is 3.45. The fourth-order valence-electron chi connectivity index (χ4n) is 1.17. The Morgan fingerprint density at radius 2 is 2.47 bits per heavy atom. The third-order valence-electron chi connectivity index (χ3n) is 2.04. The number of hydrogen-bond acceptors (Lipinski definition) is 5. The van der Waals surface area contributed by atoms with Gasteiger partial charge in [-0.3, -0.25) is 0 Å². The molecule has 0 saturated carbocycles. The molecule has 0 aliphatic carbocycles. The molecule has 0 radical (unpaired) electrons. The molecule has 0 aromatic carbocycles. The van der Waals surface area contributed by atoms with Crippen molar-refractivity contribution in [1.82, 2.24) is 15.6 Å². The van der Waals surface area contributed by atoms with Gasteiger partial charge in [-0.1, -0.05) is 0 Å². The van der Waals surface area contributed by atoms with Gasteiger partial charge < -0.3 is 19.8 Å². The maximum Gasteiger partial charge on any atom is 0.180 e. The quantitative estimate of drug-likeness (QED) is 0.612. The van der Waals surface area contributed by atoms with Gasteiger partial charge in [-0.15, -0.1) is 0 Å². The van der Waals surface area contributed by atoms with Crippen LogP contribution in [0.3, 0.4) is 0 Å². The zero-order chi connectivity index (χ0) is 10.9. The molecule has 1 unspecified atom stereocenters. The molecule has 1 aromatic rings. The summed E-state index contributed by atoms with van der Waals surface area (Å²) in [5, 5.41) is 6.61. The zero-order valence-electron chi connectivity index (χ0n) is 9.32. The minimum absolute atomic E-state index is 0.395. The molecule has 1 rings (SSSR count). The summed E-state index contributed by atoms with van der Waals surface area (Å²) in [6, 6.07) is 0.395. The zero-order valence-corrected chi connectivity index (χ0v) is 9.32. The third-order valence-corrected chi connectivity index (χ3v) is 2.04. The molecule has 0 amide bonds. The molecule has 86 valence electrons. The van der Waals surface area contributed by atoms with Crippen molar-refractivity contribution in [1.29, 1.82) is 0 Å². The molecule has 0 saturated heterocycles. The first-order chi connectivity index (χ1) is 7.33. The first-order valence-corrected chi connectivity index (χ1v) is 5.13. The number of nitrogens with zero attached hydrogens (tertiary/aromatic N) is 1. The Bertz CT molecular complexity index is 239. The summed E-state index contributed by atoms with van der Waals surface area (Å²) in [5.74, 6) is 0.860. The van der Waals surface area contributed by atoms with Gasteiger partial charge in [0.05, 0.1) is 19.3 Å². The van der Waals surface area contributed by atoms with Gasteiger partial charge in [0.1, 0.15) is 5.76 Å². The van der Waals surface area contributed by atoms with E-state index in [0.717, 1.165) is 25.5 Å². The minimum atomic E-state index is 0.395. The fourth-order valence-corrected chi connectivity index (χ4v) is 1.17. The smallest absolute Gasteiger partial charge is 0.180 e. The van der Waals surface area contributed by atoms with Crippen LogP contribution in [0.15, 0.2) is 17.0 Å². The summed E-state index contributed by atoms with van der Waals surface area (Å²) in [6.45, 7) is 5.38. The van der Waals surface area contributed by atoms with E-state index in [0.29, 0.717) is 12.6 Å². The second kappa shape index (κ2) is 7.39. The molecule has 0 aliphatic rings. The van der Waals surface area contributed by atoms with E-state index in [1.807, 2.05) is 0 Å². The predicted molar refractivity (Wildman–Crippen MR) is 57.6 cm³/mol. The van der Waals surface area contributed by atoms with E-state index in [9.17, 15) is 0 Å². The summed E-state index contributed by atoms with van der Waals surface area (Å²) in [5.41, 5.74) is 0. The third kappa shape index (κ3) is 5.51. The lowest BCUT2D eigenvalue weighted by atomic mass is 10.3. The number of nitrogens with one attached hydrogen (secondary N) is 2. The van der Waals surface area contributed by atoms with Crippen molar-refractivity contribution in [2.24, 2.45) is 0 Å². The van der Waals surface area contributed by atoms with Crippen molar-refractivity contribution in [3.63, 3.8) is 0 Å². The second-order valence-corrected chi connectivity index (χ2v) is 3.45. The summed E-state index contributed by atoms with van der Waals surface area (Å²) < 4.78 is 10.0. The van der Waals surface area contributed by atoms with Gasteiger partial charge >= 0.3 is 0 Å². The van der Waals surface area contributed by atoms with Crippen molar-refractivity contribution in [3.8, 4) is 0 Å². The van der Waals surface area contributed by atoms with Gasteiger partial charge in [0, 0.05) is 26.2 Å².